The number of rotatable bonds is 7. The second-order valence-electron chi connectivity index (χ2n) is 5.08. The van der Waals surface area contributed by atoms with Crippen molar-refractivity contribution in [1.82, 2.24) is 4.98 Å². The summed E-state index contributed by atoms with van der Waals surface area (Å²) in [6.45, 7) is 5.71. The molecular formula is C18H22N2O3. The molecule has 5 nitrogen and oxygen atoms in total. The van der Waals surface area contributed by atoms with E-state index in [1.54, 1.807) is 19.1 Å². The van der Waals surface area contributed by atoms with Crippen molar-refractivity contribution in [3.8, 4) is 0 Å². The molecule has 23 heavy (non-hydrogen) atoms. The van der Waals surface area contributed by atoms with E-state index in [1.807, 2.05) is 19.1 Å². The van der Waals surface area contributed by atoms with Crippen molar-refractivity contribution in [2.45, 2.75) is 27.0 Å². The molecule has 1 N–H and O–H groups in total. The Morgan fingerprint density at radius 1 is 1.17 bits per heavy atom. The second-order valence-corrected chi connectivity index (χ2v) is 5.08. The number of ether oxygens (including phenoxy) is 2. The SMILES string of the molecule is CCOCc1ccccc1CNc1ccc(C(=O)OC)c(C)n1. The van der Waals surface area contributed by atoms with E-state index in [1.165, 1.54) is 7.11 Å². The lowest BCUT2D eigenvalue weighted by Crippen LogP contribution is -2.09. The normalized spacial score (nSPS) is 10.4. The number of nitrogens with zero attached hydrogens (tertiary/aromatic N) is 1. The second kappa shape index (κ2) is 8.29. The van der Waals surface area contributed by atoms with Crippen molar-refractivity contribution in [2.24, 2.45) is 0 Å². The van der Waals surface area contributed by atoms with Gasteiger partial charge in [-0.05, 0) is 37.1 Å². The van der Waals surface area contributed by atoms with Gasteiger partial charge in [0.1, 0.15) is 5.82 Å². The Hall–Kier alpha value is -2.40. The fourth-order valence-electron chi connectivity index (χ4n) is 2.25. The van der Waals surface area contributed by atoms with Crippen LogP contribution in [0, 0.1) is 6.92 Å². The van der Waals surface area contributed by atoms with Crippen LogP contribution in [0.15, 0.2) is 36.4 Å². The zero-order valence-electron chi connectivity index (χ0n) is 13.8. The highest BCUT2D eigenvalue weighted by Crippen LogP contribution is 2.15. The van der Waals surface area contributed by atoms with Crippen LogP contribution >= 0.6 is 0 Å². The predicted octanol–water partition coefficient (Wildman–Crippen LogP) is 3.33. The summed E-state index contributed by atoms with van der Waals surface area (Å²) in [4.78, 5) is 16.0. The van der Waals surface area contributed by atoms with Crippen LogP contribution in [0.25, 0.3) is 0 Å². The van der Waals surface area contributed by atoms with Gasteiger partial charge in [0.05, 0.1) is 25.0 Å². The average Bonchev–Trinajstić information content (AvgIpc) is 2.58. The quantitative estimate of drug-likeness (QED) is 0.794. The van der Waals surface area contributed by atoms with E-state index in [-0.39, 0.29) is 5.97 Å². The molecule has 1 aromatic carbocycles. The number of nitrogens with one attached hydrogen (secondary N) is 1. The number of aromatic nitrogens is 1. The molecule has 0 bridgehead atoms. The van der Waals surface area contributed by atoms with Gasteiger partial charge in [0, 0.05) is 13.2 Å². The fourth-order valence-corrected chi connectivity index (χ4v) is 2.25. The fraction of sp³-hybridized carbons (Fsp3) is 0.333. The minimum Gasteiger partial charge on any atom is -0.465 e. The van der Waals surface area contributed by atoms with Crippen molar-refractivity contribution in [1.29, 1.82) is 0 Å². The smallest absolute Gasteiger partial charge is 0.339 e. The molecule has 0 aliphatic heterocycles. The molecule has 0 spiro atoms. The maximum Gasteiger partial charge on any atom is 0.339 e. The van der Waals surface area contributed by atoms with Gasteiger partial charge < -0.3 is 14.8 Å². The molecule has 0 amide bonds. The van der Waals surface area contributed by atoms with Crippen molar-refractivity contribution in [2.75, 3.05) is 19.0 Å². The number of esters is 1. The Kier molecular flexibility index (Phi) is 6.11. The molecule has 5 heteroatoms. The third-order valence-electron chi connectivity index (χ3n) is 3.53. The number of anilines is 1. The van der Waals surface area contributed by atoms with Crippen LogP contribution in [-0.4, -0.2) is 24.7 Å². The molecule has 1 heterocycles. The Labute approximate surface area is 136 Å². The molecule has 2 aromatic rings. The summed E-state index contributed by atoms with van der Waals surface area (Å²) in [5, 5.41) is 3.28. The van der Waals surface area contributed by atoms with E-state index < -0.39 is 0 Å². The maximum atomic E-state index is 11.6. The van der Waals surface area contributed by atoms with E-state index in [2.05, 4.69) is 22.4 Å². The van der Waals surface area contributed by atoms with Gasteiger partial charge in [0.25, 0.3) is 0 Å². The van der Waals surface area contributed by atoms with Gasteiger partial charge in [0.2, 0.25) is 0 Å². The van der Waals surface area contributed by atoms with Gasteiger partial charge in [-0.25, -0.2) is 9.78 Å². The predicted molar refractivity (Wildman–Crippen MR) is 89.4 cm³/mol. The third-order valence-corrected chi connectivity index (χ3v) is 3.53. The van der Waals surface area contributed by atoms with Gasteiger partial charge in [-0.15, -0.1) is 0 Å². The summed E-state index contributed by atoms with van der Waals surface area (Å²) in [7, 11) is 1.36. The molecular weight excluding hydrogens is 292 g/mol. The van der Waals surface area contributed by atoms with Gasteiger partial charge >= 0.3 is 5.97 Å². The summed E-state index contributed by atoms with van der Waals surface area (Å²) < 4.78 is 10.2. The highest BCUT2D eigenvalue weighted by atomic mass is 16.5. The first-order chi connectivity index (χ1) is 11.2. The van der Waals surface area contributed by atoms with Crippen molar-refractivity contribution in [3.63, 3.8) is 0 Å². The first-order valence-electron chi connectivity index (χ1n) is 7.60. The lowest BCUT2D eigenvalue weighted by Gasteiger charge is -2.12. The third kappa shape index (κ3) is 4.53. The molecule has 1 aromatic heterocycles. The number of benzene rings is 1. The van der Waals surface area contributed by atoms with E-state index in [0.29, 0.717) is 31.0 Å². The van der Waals surface area contributed by atoms with Crippen LogP contribution in [0.2, 0.25) is 0 Å². The number of carbonyl (C=O) groups is 1. The summed E-state index contributed by atoms with van der Waals surface area (Å²) in [5.74, 6) is 0.352. The van der Waals surface area contributed by atoms with E-state index >= 15 is 0 Å². The van der Waals surface area contributed by atoms with Crippen LogP contribution in [0.4, 0.5) is 5.82 Å². The maximum absolute atomic E-state index is 11.6. The molecule has 2 rings (SSSR count). The van der Waals surface area contributed by atoms with Gasteiger partial charge in [-0.3, -0.25) is 0 Å². The number of methoxy groups -OCH3 is 1. The Balaban J connectivity index is 2.07. The summed E-state index contributed by atoms with van der Waals surface area (Å²) >= 11 is 0. The first kappa shape index (κ1) is 17.0. The first-order valence-corrected chi connectivity index (χ1v) is 7.60. The number of aryl methyl sites for hydroxylation is 1. The highest BCUT2D eigenvalue weighted by molar-refractivity contribution is 5.90. The van der Waals surface area contributed by atoms with E-state index in [0.717, 1.165) is 16.9 Å². The minimum atomic E-state index is -0.372. The zero-order valence-corrected chi connectivity index (χ0v) is 13.8. The molecule has 0 aliphatic rings. The zero-order chi connectivity index (χ0) is 16.7. The van der Waals surface area contributed by atoms with Crippen molar-refractivity contribution in [3.05, 3.63) is 58.8 Å². The van der Waals surface area contributed by atoms with Crippen molar-refractivity contribution < 1.29 is 14.3 Å². The molecule has 0 radical (unpaired) electrons. The Morgan fingerprint density at radius 2 is 1.91 bits per heavy atom. The van der Waals surface area contributed by atoms with Crippen LogP contribution in [0.1, 0.15) is 34.1 Å². The molecule has 0 aliphatic carbocycles. The lowest BCUT2D eigenvalue weighted by atomic mass is 10.1. The highest BCUT2D eigenvalue weighted by Gasteiger charge is 2.10. The number of hydrogen-bond acceptors (Lipinski definition) is 5. The number of pyridine rings is 1. The molecule has 0 saturated heterocycles. The standard InChI is InChI=1S/C18H22N2O3/c1-4-23-12-15-8-6-5-7-14(15)11-19-17-10-9-16(13(2)20-17)18(21)22-3/h5-10H,4,11-12H2,1-3H3,(H,19,20). The number of carbonyl (C=O) groups excluding carboxylic acids is 1. The summed E-state index contributed by atoms with van der Waals surface area (Å²) in [5.41, 5.74) is 3.45. The monoisotopic (exact) mass is 314 g/mol. The van der Waals surface area contributed by atoms with Gasteiger partial charge in [-0.1, -0.05) is 24.3 Å². The molecule has 0 saturated carbocycles. The van der Waals surface area contributed by atoms with Gasteiger partial charge in [-0.2, -0.15) is 0 Å². The van der Waals surface area contributed by atoms with Gasteiger partial charge in [0.15, 0.2) is 0 Å². The largest absolute Gasteiger partial charge is 0.465 e. The van der Waals surface area contributed by atoms with Crippen LogP contribution in [-0.2, 0) is 22.6 Å². The van der Waals surface area contributed by atoms with Crippen molar-refractivity contribution >= 4 is 11.8 Å². The summed E-state index contributed by atoms with van der Waals surface area (Å²) in [6, 6.07) is 11.6. The lowest BCUT2D eigenvalue weighted by molar-refractivity contribution is 0.0599. The number of hydrogen-bond donors (Lipinski definition) is 1. The van der Waals surface area contributed by atoms with Crippen LogP contribution in [0.5, 0.6) is 0 Å². The molecule has 0 atom stereocenters. The molecule has 0 fully saturated rings. The van der Waals surface area contributed by atoms with E-state index in [4.69, 9.17) is 9.47 Å². The Morgan fingerprint density at radius 3 is 2.57 bits per heavy atom. The van der Waals surface area contributed by atoms with Crippen LogP contribution < -0.4 is 5.32 Å². The van der Waals surface area contributed by atoms with Crippen LogP contribution in [0.3, 0.4) is 0 Å². The minimum absolute atomic E-state index is 0.372. The molecule has 122 valence electrons. The summed E-state index contributed by atoms with van der Waals surface area (Å²) in [6.07, 6.45) is 0. The molecule has 0 unspecified atom stereocenters. The Bertz CT molecular complexity index is 671. The topological polar surface area (TPSA) is 60.5 Å². The average molecular weight is 314 g/mol. The van der Waals surface area contributed by atoms with E-state index in [9.17, 15) is 4.79 Å².